The van der Waals surface area contributed by atoms with Gasteiger partial charge in [-0.05, 0) is 25.5 Å². The molecule has 1 aromatic carbocycles. The lowest BCUT2D eigenvalue weighted by Gasteiger charge is -2.36. The standard InChI is InChI=1S/C19H24N4O3S/c1-14-5-3-4-6-16(14)22-7-9-23(10-8-22)19(25)13-27-12-18(24)20-17-11-15(2)26-21-17/h3-6,11H,7-10,12-13H2,1-2H3,(H,20,21,24). The molecule has 1 aromatic heterocycles. The topological polar surface area (TPSA) is 78.7 Å². The maximum atomic E-state index is 12.4. The lowest BCUT2D eigenvalue weighted by atomic mass is 10.1. The first kappa shape index (κ1) is 19.3. The van der Waals surface area contributed by atoms with Crippen molar-refractivity contribution in [1.82, 2.24) is 10.1 Å². The number of hydrogen-bond donors (Lipinski definition) is 1. The second-order valence-electron chi connectivity index (χ2n) is 6.52. The number of aryl methyl sites for hydroxylation is 2. The first-order valence-corrected chi connectivity index (χ1v) is 10.1. The Labute approximate surface area is 163 Å². The van der Waals surface area contributed by atoms with Crippen LogP contribution in [0.4, 0.5) is 11.5 Å². The number of thioether (sulfide) groups is 1. The quantitative estimate of drug-likeness (QED) is 0.818. The summed E-state index contributed by atoms with van der Waals surface area (Å²) in [6.07, 6.45) is 0. The molecule has 8 heteroatoms. The van der Waals surface area contributed by atoms with Crippen LogP contribution in [-0.4, -0.2) is 59.6 Å². The molecule has 0 saturated carbocycles. The van der Waals surface area contributed by atoms with E-state index < -0.39 is 0 Å². The Balaban J connectivity index is 1.38. The summed E-state index contributed by atoms with van der Waals surface area (Å²) in [6.45, 7) is 6.93. The Morgan fingerprint density at radius 1 is 1.15 bits per heavy atom. The van der Waals surface area contributed by atoms with Crippen LogP contribution in [0.3, 0.4) is 0 Å². The number of nitrogens with one attached hydrogen (secondary N) is 1. The number of piperazine rings is 1. The molecule has 1 aliphatic heterocycles. The second kappa shape index (κ2) is 8.94. The van der Waals surface area contributed by atoms with Crippen LogP contribution in [0, 0.1) is 13.8 Å². The van der Waals surface area contributed by atoms with E-state index in [1.165, 1.54) is 23.0 Å². The molecule has 1 aliphatic rings. The van der Waals surface area contributed by atoms with Crippen molar-refractivity contribution in [3.05, 3.63) is 41.7 Å². The number of hydrogen-bond acceptors (Lipinski definition) is 6. The monoisotopic (exact) mass is 388 g/mol. The van der Waals surface area contributed by atoms with Gasteiger partial charge < -0.3 is 19.6 Å². The highest BCUT2D eigenvalue weighted by Crippen LogP contribution is 2.21. The number of anilines is 2. The van der Waals surface area contributed by atoms with Gasteiger partial charge in [0.1, 0.15) is 5.76 Å². The predicted molar refractivity (Wildman–Crippen MR) is 107 cm³/mol. The van der Waals surface area contributed by atoms with Crippen LogP contribution in [0.25, 0.3) is 0 Å². The van der Waals surface area contributed by atoms with Crippen LogP contribution < -0.4 is 10.2 Å². The third-order valence-corrected chi connectivity index (χ3v) is 5.36. The van der Waals surface area contributed by atoms with Crippen molar-refractivity contribution >= 4 is 35.1 Å². The van der Waals surface area contributed by atoms with Crippen LogP contribution >= 0.6 is 11.8 Å². The average molecular weight is 388 g/mol. The highest BCUT2D eigenvalue weighted by atomic mass is 32.2. The van der Waals surface area contributed by atoms with Gasteiger partial charge in [0.15, 0.2) is 5.82 Å². The van der Waals surface area contributed by atoms with E-state index >= 15 is 0 Å². The van der Waals surface area contributed by atoms with Crippen molar-refractivity contribution in [2.45, 2.75) is 13.8 Å². The Hall–Kier alpha value is -2.48. The van der Waals surface area contributed by atoms with Crippen molar-refractivity contribution in [2.24, 2.45) is 0 Å². The second-order valence-corrected chi connectivity index (χ2v) is 7.50. The molecule has 0 atom stereocenters. The smallest absolute Gasteiger partial charge is 0.235 e. The summed E-state index contributed by atoms with van der Waals surface area (Å²) in [6, 6.07) is 9.96. The molecule has 144 valence electrons. The predicted octanol–water partition coefficient (Wildman–Crippen LogP) is 2.31. The summed E-state index contributed by atoms with van der Waals surface area (Å²) < 4.78 is 4.90. The minimum Gasteiger partial charge on any atom is -0.368 e. The van der Waals surface area contributed by atoms with Gasteiger partial charge in [-0.25, -0.2) is 0 Å². The third kappa shape index (κ3) is 5.26. The van der Waals surface area contributed by atoms with Crippen LogP contribution in [0.15, 0.2) is 34.9 Å². The summed E-state index contributed by atoms with van der Waals surface area (Å²) in [5, 5.41) is 6.36. The maximum Gasteiger partial charge on any atom is 0.235 e. The van der Waals surface area contributed by atoms with E-state index in [1.807, 2.05) is 17.0 Å². The molecule has 3 rings (SSSR count). The number of carbonyl (C=O) groups excluding carboxylic acids is 2. The third-order valence-electron chi connectivity index (χ3n) is 4.44. The molecule has 2 aromatic rings. The molecule has 2 heterocycles. The molecule has 1 saturated heterocycles. The average Bonchev–Trinajstić information content (AvgIpc) is 3.07. The van der Waals surface area contributed by atoms with Gasteiger partial charge >= 0.3 is 0 Å². The minimum absolute atomic E-state index is 0.0783. The normalized spacial score (nSPS) is 14.3. The number of rotatable bonds is 6. The van der Waals surface area contributed by atoms with Crippen molar-refractivity contribution in [2.75, 3.05) is 47.9 Å². The minimum atomic E-state index is -0.189. The lowest BCUT2D eigenvalue weighted by Crippen LogP contribution is -2.49. The van der Waals surface area contributed by atoms with E-state index in [9.17, 15) is 9.59 Å². The molecule has 0 unspecified atom stereocenters. The van der Waals surface area contributed by atoms with Crippen LogP contribution in [0.2, 0.25) is 0 Å². The number of para-hydroxylation sites is 1. The Morgan fingerprint density at radius 2 is 1.89 bits per heavy atom. The number of benzene rings is 1. The molecular weight excluding hydrogens is 364 g/mol. The zero-order valence-electron chi connectivity index (χ0n) is 15.6. The summed E-state index contributed by atoms with van der Waals surface area (Å²) in [5.41, 5.74) is 2.49. The first-order chi connectivity index (χ1) is 13.0. The van der Waals surface area contributed by atoms with Gasteiger partial charge in [-0.15, -0.1) is 11.8 Å². The molecule has 2 amide bonds. The van der Waals surface area contributed by atoms with Gasteiger partial charge in [-0.2, -0.15) is 0 Å². The molecular formula is C19H24N4O3S. The van der Waals surface area contributed by atoms with Gasteiger partial charge in [-0.1, -0.05) is 23.4 Å². The Kier molecular flexibility index (Phi) is 6.39. The summed E-state index contributed by atoms with van der Waals surface area (Å²) in [5.74, 6) is 1.44. The number of carbonyl (C=O) groups is 2. The maximum absolute atomic E-state index is 12.4. The van der Waals surface area contributed by atoms with Crippen LogP contribution in [0.1, 0.15) is 11.3 Å². The molecule has 7 nitrogen and oxygen atoms in total. The van der Waals surface area contributed by atoms with E-state index in [2.05, 4.69) is 34.4 Å². The van der Waals surface area contributed by atoms with Gasteiger partial charge in [0.05, 0.1) is 11.5 Å². The van der Waals surface area contributed by atoms with E-state index in [1.54, 1.807) is 13.0 Å². The van der Waals surface area contributed by atoms with Gasteiger partial charge in [-0.3, -0.25) is 9.59 Å². The zero-order chi connectivity index (χ0) is 19.2. The van der Waals surface area contributed by atoms with E-state index in [4.69, 9.17) is 4.52 Å². The summed E-state index contributed by atoms with van der Waals surface area (Å²) >= 11 is 1.31. The summed E-state index contributed by atoms with van der Waals surface area (Å²) in [7, 11) is 0. The molecule has 1 N–H and O–H groups in total. The Bertz CT molecular complexity index is 800. The van der Waals surface area contributed by atoms with Gasteiger partial charge in [0.25, 0.3) is 0 Å². The molecule has 0 bridgehead atoms. The zero-order valence-corrected chi connectivity index (χ0v) is 16.4. The van der Waals surface area contributed by atoms with Crippen molar-refractivity contribution in [1.29, 1.82) is 0 Å². The fourth-order valence-electron chi connectivity index (χ4n) is 3.04. The first-order valence-electron chi connectivity index (χ1n) is 8.92. The Morgan fingerprint density at radius 3 is 2.56 bits per heavy atom. The highest BCUT2D eigenvalue weighted by molar-refractivity contribution is 8.00. The largest absolute Gasteiger partial charge is 0.368 e. The SMILES string of the molecule is Cc1cc(NC(=O)CSCC(=O)N2CCN(c3ccccc3C)CC2)no1. The fraction of sp³-hybridized carbons (Fsp3) is 0.421. The van der Waals surface area contributed by atoms with E-state index in [0.29, 0.717) is 30.4 Å². The molecule has 0 radical (unpaired) electrons. The van der Waals surface area contributed by atoms with Crippen LogP contribution in [0.5, 0.6) is 0 Å². The van der Waals surface area contributed by atoms with E-state index in [0.717, 1.165) is 13.1 Å². The molecule has 27 heavy (non-hydrogen) atoms. The molecule has 0 spiro atoms. The van der Waals surface area contributed by atoms with Gasteiger partial charge in [0.2, 0.25) is 11.8 Å². The molecule has 1 fully saturated rings. The number of amides is 2. The summed E-state index contributed by atoms with van der Waals surface area (Å²) in [4.78, 5) is 28.4. The number of nitrogens with zero attached hydrogens (tertiary/aromatic N) is 3. The van der Waals surface area contributed by atoms with Crippen LogP contribution in [-0.2, 0) is 9.59 Å². The van der Waals surface area contributed by atoms with Gasteiger partial charge in [0, 0.05) is 37.9 Å². The molecule has 0 aliphatic carbocycles. The van der Waals surface area contributed by atoms with E-state index in [-0.39, 0.29) is 17.6 Å². The van der Waals surface area contributed by atoms with Crippen molar-refractivity contribution < 1.29 is 14.1 Å². The van der Waals surface area contributed by atoms with Crippen molar-refractivity contribution in [3.8, 4) is 0 Å². The highest BCUT2D eigenvalue weighted by Gasteiger charge is 2.22. The number of aromatic nitrogens is 1. The lowest BCUT2D eigenvalue weighted by molar-refractivity contribution is -0.128. The van der Waals surface area contributed by atoms with Crippen molar-refractivity contribution in [3.63, 3.8) is 0 Å². The fourth-order valence-corrected chi connectivity index (χ4v) is 3.76.